The van der Waals surface area contributed by atoms with Crippen LogP contribution in [-0.4, -0.2) is 284 Å². The summed E-state index contributed by atoms with van der Waals surface area (Å²) in [5, 5.41) is 25.3. The minimum Gasteiger partial charge on any atom is -0.508 e. The van der Waals surface area contributed by atoms with E-state index in [0.29, 0.717) is 247 Å². The van der Waals surface area contributed by atoms with Crippen LogP contribution in [0, 0.1) is 17.8 Å². The molecule has 0 saturated carbocycles. The molecule has 1 aromatic carbocycles. The quantitative estimate of drug-likeness (QED) is 0.0196. The lowest BCUT2D eigenvalue weighted by Crippen LogP contribution is -2.46. The van der Waals surface area contributed by atoms with Crippen molar-refractivity contribution in [3.63, 3.8) is 0 Å². The molecule has 32 heteroatoms. The number of nitrogens with two attached hydrogens (primary N) is 3. The van der Waals surface area contributed by atoms with Gasteiger partial charge in [-0.3, -0.25) is 43.3 Å². The third kappa shape index (κ3) is 54.4. The van der Waals surface area contributed by atoms with Gasteiger partial charge in [0.1, 0.15) is 23.1 Å². The maximum atomic E-state index is 14.3. The summed E-state index contributed by atoms with van der Waals surface area (Å²) in [4.78, 5) is 109. The minimum atomic E-state index is -0.777. The number of nitrogens with zero attached hydrogens (tertiary/aromatic N) is 1. The highest BCUT2D eigenvalue weighted by Crippen LogP contribution is 2.22. The van der Waals surface area contributed by atoms with E-state index in [1.807, 2.05) is 13.8 Å². The molecule has 1 saturated heterocycles. The Balaban J connectivity index is 1.65. The number of ether oxygens (including phenoxy) is 12. The van der Waals surface area contributed by atoms with Gasteiger partial charge in [-0.05, 0) is 99.6 Å². The number of unbranched alkanes of at least 4 members (excludes halogenated alkanes) is 1. The number of amides is 4. The number of alkyl halides is 1. The van der Waals surface area contributed by atoms with Gasteiger partial charge in [-0.15, -0.1) is 0 Å². The van der Waals surface area contributed by atoms with Crippen molar-refractivity contribution in [2.45, 2.75) is 135 Å². The summed E-state index contributed by atoms with van der Waals surface area (Å²) in [6, 6.07) is 4.27. The molecule has 592 valence electrons. The van der Waals surface area contributed by atoms with Gasteiger partial charge in [0, 0.05) is 64.3 Å². The molecule has 0 aliphatic carbocycles. The van der Waals surface area contributed by atoms with Crippen molar-refractivity contribution in [1.29, 1.82) is 0 Å². The van der Waals surface area contributed by atoms with Crippen LogP contribution < -0.4 is 43.8 Å². The summed E-state index contributed by atoms with van der Waals surface area (Å²) < 4.78 is 66.3. The van der Waals surface area contributed by atoms with Gasteiger partial charge < -0.3 is 106 Å². The molecule has 1 fully saturated rings. The number of carbonyl (C=O) groups excluding carboxylic acids is 8. The van der Waals surface area contributed by atoms with E-state index in [2.05, 4.69) is 47.5 Å². The number of aromatic hydroxyl groups is 1. The predicted octanol–water partition coefficient (Wildman–Crippen LogP) is 2.68. The number of Topliss-reactive ketones (excluding diaryl/α,β-unsaturated/α-hetero) is 4. The number of thioether (sulfide) groups is 1. The second kappa shape index (κ2) is 65.4. The molecule has 1 aromatic rings. The third-order valence-electron chi connectivity index (χ3n) is 16.4. The van der Waals surface area contributed by atoms with Crippen molar-refractivity contribution in [2.75, 3.05) is 208 Å². The number of hydrogen-bond donors (Lipinski definition) is 9. The highest BCUT2D eigenvalue weighted by Gasteiger charge is 2.29. The molecule has 30 nitrogen and oxygen atoms in total. The number of rotatable bonds is 62. The van der Waals surface area contributed by atoms with Crippen LogP contribution in [0.3, 0.4) is 0 Å². The normalized spacial score (nSPS) is 16.9. The Morgan fingerprint density at radius 3 is 1.66 bits per heavy atom. The van der Waals surface area contributed by atoms with Gasteiger partial charge in [-0.25, -0.2) is 0 Å². The SMILES string of the molecule is CC[C@H](C)[C@@H]1NC(=O)CCNC(=O)CSCC[C@@H](C(=O)CC[C@@H](CCCN=C(N)N)CN[C@@H](Cc2ccc(O)cc2)C(N)=O)NCC(=O)[C@H](CCCCNC(=O)CCOCCOCCOCCOCCOCCOCCOCCOCCOCCOCCOCCOCCCC(=O)CBr)CCC1=O. The summed E-state index contributed by atoms with van der Waals surface area (Å²) in [5.74, 6) is -1.97. The summed E-state index contributed by atoms with van der Waals surface area (Å²) in [6.07, 6.45) is 6.21. The number of ketones is 4. The Hall–Kier alpha value is -4.88. The number of primary amides is 1. The maximum Gasteiger partial charge on any atom is 0.234 e. The van der Waals surface area contributed by atoms with Crippen molar-refractivity contribution in [1.82, 2.24) is 26.6 Å². The summed E-state index contributed by atoms with van der Waals surface area (Å²) in [7, 11) is 0. The molecule has 0 aromatic heterocycles. The van der Waals surface area contributed by atoms with E-state index < -0.39 is 30.0 Å². The van der Waals surface area contributed by atoms with E-state index in [-0.39, 0.29) is 128 Å². The first kappa shape index (κ1) is 94.2. The number of phenols is 1. The molecule has 103 heavy (non-hydrogen) atoms. The zero-order valence-electron chi connectivity index (χ0n) is 61.3. The molecule has 0 unspecified atom stereocenters. The van der Waals surface area contributed by atoms with Crippen molar-refractivity contribution in [3.05, 3.63) is 29.8 Å². The van der Waals surface area contributed by atoms with Crippen LogP contribution in [0.4, 0.5) is 0 Å². The zero-order valence-corrected chi connectivity index (χ0v) is 63.7. The monoisotopic (exact) mass is 1550 g/mol. The Morgan fingerprint density at radius 1 is 0.631 bits per heavy atom. The van der Waals surface area contributed by atoms with Crippen LogP contribution in [-0.2, 0) is 102 Å². The van der Waals surface area contributed by atoms with E-state index in [4.69, 9.17) is 74.0 Å². The predicted molar refractivity (Wildman–Crippen MR) is 395 cm³/mol. The topological polar surface area (TPSA) is 418 Å². The van der Waals surface area contributed by atoms with Crippen LogP contribution >= 0.6 is 27.7 Å². The van der Waals surface area contributed by atoms with E-state index >= 15 is 0 Å². The molecule has 12 N–H and O–H groups in total. The highest BCUT2D eigenvalue weighted by molar-refractivity contribution is 9.09. The molecule has 2 rings (SSSR count). The fourth-order valence-corrected chi connectivity index (χ4v) is 11.4. The van der Waals surface area contributed by atoms with Crippen LogP contribution in [0.2, 0.25) is 0 Å². The van der Waals surface area contributed by atoms with Crippen LogP contribution in [0.25, 0.3) is 0 Å². The van der Waals surface area contributed by atoms with Crippen molar-refractivity contribution in [2.24, 2.45) is 39.9 Å². The van der Waals surface area contributed by atoms with E-state index in [9.17, 15) is 43.5 Å². The summed E-state index contributed by atoms with van der Waals surface area (Å²) >= 11 is 4.48. The Morgan fingerprint density at radius 2 is 1.16 bits per heavy atom. The molecular weight excluding hydrogens is 1430 g/mol. The van der Waals surface area contributed by atoms with Gasteiger partial charge in [0.2, 0.25) is 23.6 Å². The van der Waals surface area contributed by atoms with Gasteiger partial charge in [0.15, 0.2) is 11.7 Å². The molecule has 1 aliphatic rings. The zero-order chi connectivity index (χ0) is 75.0. The first-order chi connectivity index (χ1) is 50.0. The van der Waals surface area contributed by atoms with Gasteiger partial charge in [-0.1, -0.05) is 54.8 Å². The molecule has 4 amide bonds. The standard InChI is InChI=1S/C71H124BrN9O21S/c1-3-55(2)69-64(85)18-14-58(65(86)53-80-61(21-49-103-54-68(89)77-24-19-67(88)81-69)63(84)17-13-57(8-6-23-78-71(74)75)52-79-62(70(73)90)50-56-11-15-59(82)16-12-56)9-4-5-22-76-66(87)20-26-92-28-30-94-32-34-96-36-38-98-40-42-100-44-46-102-48-47-101-45-43-99-41-39-97-37-35-95-33-31-93-29-27-91-25-7-10-60(83)51-72/h11-12,15-16,55,57-58,61-62,69,79-80,82H,3-10,13-14,17-54H2,1-2H3,(H2,73,90)(H,76,87)(H,77,89)(H,81,88)(H4,74,75,78)/t55-,57+,58+,61-,62-,69-/m0/s1. The van der Waals surface area contributed by atoms with Crippen LogP contribution in [0.1, 0.15) is 116 Å². The maximum absolute atomic E-state index is 14.3. The van der Waals surface area contributed by atoms with Crippen molar-refractivity contribution < 1.29 is 100 Å². The highest BCUT2D eigenvalue weighted by atomic mass is 79.9. The number of guanidine groups is 1. The largest absolute Gasteiger partial charge is 0.508 e. The first-order valence-electron chi connectivity index (χ1n) is 36.6. The molecule has 6 atom stereocenters. The number of nitrogens with one attached hydrogen (secondary N) is 5. The smallest absolute Gasteiger partial charge is 0.234 e. The van der Waals surface area contributed by atoms with E-state index in [1.54, 1.807) is 12.1 Å². The van der Waals surface area contributed by atoms with Gasteiger partial charge in [-0.2, -0.15) is 11.8 Å². The second-order valence-electron chi connectivity index (χ2n) is 24.7. The average molecular weight is 1550 g/mol. The van der Waals surface area contributed by atoms with Gasteiger partial charge >= 0.3 is 0 Å². The molecule has 0 radical (unpaired) electrons. The first-order valence-corrected chi connectivity index (χ1v) is 38.9. The second-order valence-corrected chi connectivity index (χ2v) is 26.4. The van der Waals surface area contributed by atoms with E-state index in [0.717, 1.165) is 5.56 Å². The third-order valence-corrected chi connectivity index (χ3v) is 18.1. The summed E-state index contributed by atoms with van der Waals surface area (Å²) in [6.45, 7) is 15.2. The number of carbonyl (C=O) groups is 8. The molecule has 0 bridgehead atoms. The van der Waals surface area contributed by atoms with Crippen LogP contribution in [0.5, 0.6) is 5.75 Å². The molecule has 0 spiro atoms. The van der Waals surface area contributed by atoms with Gasteiger partial charge in [0.05, 0.1) is 188 Å². The molecule has 1 aliphatic heterocycles. The number of phenolic OH excluding ortho intramolecular Hbond substituents is 1. The lowest BCUT2D eigenvalue weighted by molar-refractivity contribution is -0.130. The number of aliphatic imine (C=N–C) groups is 1. The lowest BCUT2D eigenvalue weighted by Gasteiger charge is -2.25. The van der Waals surface area contributed by atoms with Gasteiger partial charge in [0.25, 0.3) is 0 Å². The number of hydrogen-bond acceptors (Lipinski definition) is 25. The number of benzene rings is 1. The van der Waals surface area contributed by atoms with Crippen LogP contribution in [0.15, 0.2) is 29.3 Å². The Labute approximate surface area is 622 Å². The molecule has 1 heterocycles. The van der Waals surface area contributed by atoms with E-state index in [1.165, 1.54) is 23.9 Å². The van der Waals surface area contributed by atoms with Crippen molar-refractivity contribution >= 4 is 80.4 Å². The fraction of sp³-hybridized carbons (Fsp3) is 0.789. The Kier molecular flexibility index (Phi) is 59.8. The molecular formula is C71H124BrN9O21S. The fourth-order valence-electron chi connectivity index (χ4n) is 10.3. The average Bonchev–Trinajstić information content (AvgIpc) is 1.39. The summed E-state index contributed by atoms with van der Waals surface area (Å²) in [5.41, 5.74) is 17.8. The lowest BCUT2D eigenvalue weighted by atomic mass is 9.87. The van der Waals surface area contributed by atoms with Crippen molar-refractivity contribution in [3.8, 4) is 5.75 Å². The Bertz CT molecular complexity index is 2430. The minimum absolute atomic E-state index is 0.0172. The number of halogens is 1.